The number of likely N-dealkylation sites (N-methyl/N-ethyl adjacent to an activating group) is 1. The SMILES string of the molecule is CN1C(O)N(c2cc(Cl)cc(Cl)c2)C(=O)C12CN(Cc1cc(C(=O)O)no1)C[C@H]2c1ccc(C#N)cc1. The minimum atomic E-state index is -1.30. The van der Waals surface area contributed by atoms with Gasteiger partial charge in [-0.25, -0.2) is 9.69 Å². The van der Waals surface area contributed by atoms with Crippen LogP contribution in [0, 0.1) is 11.3 Å². The molecule has 2 unspecified atom stereocenters. The monoisotopic (exact) mass is 541 g/mol. The highest BCUT2D eigenvalue weighted by molar-refractivity contribution is 6.35. The number of benzene rings is 2. The maximum atomic E-state index is 14.2. The van der Waals surface area contributed by atoms with Gasteiger partial charge < -0.3 is 14.7 Å². The van der Waals surface area contributed by atoms with Gasteiger partial charge in [0.15, 0.2) is 17.8 Å². The summed E-state index contributed by atoms with van der Waals surface area (Å²) >= 11 is 12.4. The van der Waals surface area contributed by atoms with Gasteiger partial charge in [-0.1, -0.05) is 40.5 Å². The molecule has 2 aromatic carbocycles. The first-order valence-electron chi connectivity index (χ1n) is 11.3. The predicted molar refractivity (Wildman–Crippen MR) is 133 cm³/mol. The van der Waals surface area contributed by atoms with E-state index in [1.165, 1.54) is 11.0 Å². The molecular formula is C25H21Cl2N5O5. The smallest absolute Gasteiger partial charge is 0.358 e. The van der Waals surface area contributed by atoms with E-state index in [4.69, 9.17) is 27.7 Å². The molecule has 5 rings (SSSR count). The summed E-state index contributed by atoms with van der Waals surface area (Å²) in [5, 5.41) is 33.9. The number of halogens is 2. The van der Waals surface area contributed by atoms with E-state index < -0.39 is 23.8 Å². The van der Waals surface area contributed by atoms with Crippen molar-refractivity contribution in [3.63, 3.8) is 0 Å². The highest BCUT2D eigenvalue weighted by Gasteiger charge is 2.64. The third-order valence-electron chi connectivity index (χ3n) is 7.00. The van der Waals surface area contributed by atoms with Gasteiger partial charge in [0.1, 0.15) is 5.54 Å². The molecular weight excluding hydrogens is 521 g/mol. The lowest BCUT2D eigenvalue weighted by molar-refractivity contribution is -0.125. The van der Waals surface area contributed by atoms with Gasteiger partial charge in [-0.15, -0.1) is 0 Å². The van der Waals surface area contributed by atoms with E-state index in [1.54, 1.807) is 54.4 Å². The summed E-state index contributed by atoms with van der Waals surface area (Å²) in [6.45, 7) is 0.801. The third kappa shape index (κ3) is 4.25. The van der Waals surface area contributed by atoms with E-state index in [0.29, 0.717) is 33.6 Å². The van der Waals surface area contributed by atoms with Gasteiger partial charge in [0, 0.05) is 35.1 Å². The molecule has 3 aromatic rings. The number of hydrogen-bond acceptors (Lipinski definition) is 8. The van der Waals surface area contributed by atoms with Crippen LogP contribution in [0.15, 0.2) is 53.1 Å². The molecule has 2 fully saturated rings. The molecule has 0 aliphatic carbocycles. The molecule has 2 aliphatic heterocycles. The number of nitriles is 1. The molecule has 2 N–H and O–H groups in total. The summed E-state index contributed by atoms with van der Waals surface area (Å²) in [7, 11) is 1.67. The molecule has 190 valence electrons. The minimum Gasteiger partial charge on any atom is -0.476 e. The molecule has 1 amide bonds. The predicted octanol–water partition coefficient (Wildman–Crippen LogP) is 3.14. The topological polar surface area (TPSA) is 134 Å². The van der Waals surface area contributed by atoms with Gasteiger partial charge >= 0.3 is 5.97 Å². The molecule has 1 spiro atoms. The Balaban J connectivity index is 1.56. The second kappa shape index (κ2) is 9.45. The van der Waals surface area contributed by atoms with Crippen LogP contribution in [0.1, 0.15) is 33.3 Å². The van der Waals surface area contributed by atoms with E-state index in [0.717, 1.165) is 5.56 Å². The van der Waals surface area contributed by atoms with Crippen LogP contribution in [-0.2, 0) is 11.3 Å². The number of carboxylic acid groups (broad SMARTS) is 1. The molecule has 2 aliphatic rings. The fourth-order valence-electron chi connectivity index (χ4n) is 5.27. The van der Waals surface area contributed by atoms with E-state index >= 15 is 0 Å². The van der Waals surface area contributed by atoms with Crippen molar-refractivity contribution >= 4 is 40.8 Å². The van der Waals surface area contributed by atoms with Crippen LogP contribution in [-0.4, -0.2) is 69.1 Å². The molecule has 12 heteroatoms. The zero-order chi connectivity index (χ0) is 26.5. The van der Waals surface area contributed by atoms with Crippen molar-refractivity contribution in [2.75, 3.05) is 25.0 Å². The van der Waals surface area contributed by atoms with Crippen LogP contribution in [0.3, 0.4) is 0 Å². The highest BCUT2D eigenvalue weighted by atomic mass is 35.5. The summed E-state index contributed by atoms with van der Waals surface area (Å²) < 4.78 is 5.21. The summed E-state index contributed by atoms with van der Waals surface area (Å²) in [6, 6.07) is 15.1. The van der Waals surface area contributed by atoms with Crippen molar-refractivity contribution in [2.24, 2.45) is 0 Å². The molecule has 3 heterocycles. The van der Waals surface area contributed by atoms with Gasteiger partial charge in [-0.3, -0.25) is 14.6 Å². The molecule has 1 aromatic heterocycles. The highest BCUT2D eigenvalue weighted by Crippen LogP contribution is 2.47. The molecule has 2 saturated heterocycles. The summed E-state index contributed by atoms with van der Waals surface area (Å²) in [6.07, 6.45) is -1.30. The number of aromatic carboxylic acids is 1. The maximum absolute atomic E-state index is 14.2. The number of carboxylic acids is 1. The summed E-state index contributed by atoms with van der Waals surface area (Å²) in [5.41, 5.74) is 0.247. The second-order valence-corrected chi connectivity index (χ2v) is 10.00. The molecule has 10 nitrogen and oxygen atoms in total. The van der Waals surface area contributed by atoms with Gasteiger partial charge in [0.2, 0.25) is 0 Å². The minimum absolute atomic E-state index is 0.203. The van der Waals surface area contributed by atoms with Crippen molar-refractivity contribution in [3.05, 3.63) is 81.2 Å². The quantitative estimate of drug-likeness (QED) is 0.499. The van der Waals surface area contributed by atoms with Gasteiger partial charge in [0.25, 0.3) is 5.91 Å². The largest absolute Gasteiger partial charge is 0.476 e. The number of anilines is 1. The standard InChI is InChI=1S/C25H21Cl2N5O5/c1-30-24(36)32(18-7-16(26)6-17(27)8-18)23(35)25(30)13-31(11-19-9-21(22(33)34)29-37-19)12-20(25)15-4-2-14(10-28)3-5-15/h2-9,20,24,36H,11-13H2,1H3,(H,33,34)/t20-,24?,25?/m0/s1. The number of aromatic nitrogens is 1. The Kier molecular flexibility index (Phi) is 6.43. The lowest BCUT2D eigenvalue weighted by atomic mass is 9.80. The van der Waals surface area contributed by atoms with Crippen LogP contribution >= 0.6 is 23.2 Å². The van der Waals surface area contributed by atoms with Gasteiger partial charge in [0.05, 0.1) is 23.9 Å². The Morgan fingerprint density at radius 2 is 1.89 bits per heavy atom. The normalized spacial score (nSPS) is 24.2. The van der Waals surface area contributed by atoms with Gasteiger partial charge in [-0.05, 0) is 42.9 Å². The average Bonchev–Trinajstić information content (AvgIpc) is 3.53. The fraction of sp³-hybridized carbons (Fsp3) is 0.280. The number of aliphatic hydroxyl groups excluding tert-OH is 1. The van der Waals surface area contributed by atoms with Crippen molar-refractivity contribution in [3.8, 4) is 6.07 Å². The average molecular weight is 542 g/mol. The van der Waals surface area contributed by atoms with E-state index in [-0.39, 0.29) is 24.7 Å². The Morgan fingerprint density at radius 3 is 2.49 bits per heavy atom. The van der Waals surface area contributed by atoms with Crippen LogP contribution in [0.4, 0.5) is 5.69 Å². The first-order valence-corrected chi connectivity index (χ1v) is 12.0. The molecule has 0 saturated carbocycles. The number of carbonyl (C=O) groups is 2. The maximum Gasteiger partial charge on any atom is 0.358 e. The first-order chi connectivity index (χ1) is 17.6. The van der Waals surface area contributed by atoms with Crippen molar-refractivity contribution in [2.45, 2.75) is 24.4 Å². The van der Waals surface area contributed by atoms with E-state index in [1.807, 2.05) is 4.90 Å². The van der Waals surface area contributed by atoms with Crippen LogP contribution in [0.5, 0.6) is 0 Å². The molecule has 3 atom stereocenters. The second-order valence-electron chi connectivity index (χ2n) is 9.12. The lowest BCUT2D eigenvalue weighted by Gasteiger charge is -2.34. The lowest BCUT2D eigenvalue weighted by Crippen LogP contribution is -2.54. The zero-order valence-corrected chi connectivity index (χ0v) is 21.0. The number of carbonyl (C=O) groups excluding carboxylic acids is 1. The van der Waals surface area contributed by atoms with Crippen molar-refractivity contribution < 1.29 is 24.3 Å². The summed E-state index contributed by atoms with van der Waals surface area (Å²) in [4.78, 5) is 30.3. The number of amides is 1. The molecule has 0 bridgehead atoms. The van der Waals surface area contributed by atoms with Crippen LogP contribution in [0.25, 0.3) is 0 Å². The molecule has 0 radical (unpaired) electrons. The zero-order valence-electron chi connectivity index (χ0n) is 19.5. The Hall–Kier alpha value is -3.46. The Morgan fingerprint density at radius 1 is 1.22 bits per heavy atom. The molecule has 37 heavy (non-hydrogen) atoms. The van der Waals surface area contributed by atoms with Crippen molar-refractivity contribution in [1.29, 1.82) is 5.26 Å². The fourth-order valence-corrected chi connectivity index (χ4v) is 5.79. The first kappa shape index (κ1) is 25.2. The third-order valence-corrected chi connectivity index (χ3v) is 7.44. The van der Waals surface area contributed by atoms with E-state index in [9.17, 15) is 25.1 Å². The van der Waals surface area contributed by atoms with Gasteiger partial charge in [-0.2, -0.15) is 5.26 Å². The number of rotatable bonds is 5. The number of likely N-dealkylation sites (tertiary alicyclic amines) is 1. The number of hydrogen-bond donors (Lipinski definition) is 2. The number of aliphatic hydroxyl groups is 1. The van der Waals surface area contributed by atoms with Crippen LogP contribution < -0.4 is 4.90 Å². The Bertz CT molecular complexity index is 1400. The van der Waals surface area contributed by atoms with Crippen LogP contribution in [0.2, 0.25) is 10.0 Å². The Labute approximate surface area is 221 Å². The van der Waals surface area contributed by atoms with E-state index in [2.05, 4.69) is 11.2 Å². The number of nitrogens with zero attached hydrogens (tertiary/aromatic N) is 5. The van der Waals surface area contributed by atoms with Crippen molar-refractivity contribution in [1.82, 2.24) is 15.0 Å². The summed E-state index contributed by atoms with van der Waals surface area (Å²) in [5.74, 6) is -1.62.